The van der Waals surface area contributed by atoms with Gasteiger partial charge >= 0.3 is 0 Å². The normalized spacial score (nSPS) is 22.6. The maximum absolute atomic E-state index is 12.0. The molecule has 0 radical (unpaired) electrons. The summed E-state index contributed by atoms with van der Waals surface area (Å²) in [4.78, 5) is 12.0. The van der Waals surface area contributed by atoms with Crippen molar-refractivity contribution in [2.24, 2.45) is 11.8 Å². The van der Waals surface area contributed by atoms with Crippen molar-refractivity contribution in [1.82, 2.24) is 15.5 Å². The van der Waals surface area contributed by atoms with Crippen LogP contribution >= 0.6 is 23.2 Å². The first-order valence-corrected chi connectivity index (χ1v) is 7.78. The number of hydrogen-bond donors (Lipinski definition) is 1. The van der Waals surface area contributed by atoms with Crippen molar-refractivity contribution in [3.05, 3.63) is 21.9 Å². The minimum absolute atomic E-state index is 0.0817. The number of nitrogens with zero attached hydrogens (tertiary/aromatic N) is 2. The molecule has 1 N–H and O–H groups in total. The lowest BCUT2D eigenvalue weighted by Gasteiger charge is -2.26. The number of carbonyl (C=O) groups excluding carboxylic acids is 1. The second-order valence-electron chi connectivity index (χ2n) is 5.55. The molecule has 0 aliphatic heterocycles. The zero-order valence-electron chi connectivity index (χ0n) is 11.5. The van der Waals surface area contributed by atoms with E-state index in [1.165, 1.54) is 31.7 Å². The fourth-order valence-corrected chi connectivity index (χ4v) is 3.14. The van der Waals surface area contributed by atoms with Crippen molar-refractivity contribution in [1.29, 1.82) is 0 Å². The van der Waals surface area contributed by atoms with Gasteiger partial charge in [-0.3, -0.25) is 4.79 Å². The van der Waals surface area contributed by atoms with E-state index in [2.05, 4.69) is 22.4 Å². The van der Waals surface area contributed by atoms with Crippen molar-refractivity contribution in [2.45, 2.75) is 39.0 Å². The number of halogens is 2. The Morgan fingerprint density at radius 1 is 1.40 bits per heavy atom. The SMILES string of the molecule is CC1CCCC(CCNC(=O)c2cc(Cl)nnc2Cl)C1. The molecule has 20 heavy (non-hydrogen) atoms. The Morgan fingerprint density at radius 3 is 2.95 bits per heavy atom. The Balaban J connectivity index is 1.81. The lowest BCUT2D eigenvalue weighted by molar-refractivity contribution is 0.0949. The predicted octanol–water partition coefficient (Wildman–Crippen LogP) is 3.73. The van der Waals surface area contributed by atoms with Gasteiger partial charge < -0.3 is 5.32 Å². The van der Waals surface area contributed by atoms with Gasteiger partial charge in [0.25, 0.3) is 5.91 Å². The molecule has 0 spiro atoms. The summed E-state index contributed by atoms with van der Waals surface area (Å²) in [6.07, 6.45) is 6.18. The standard InChI is InChI=1S/C14H19Cl2N3O/c1-9-3-2-4-10(7-9)5-6-17-14(20)11-8-12(15)18-19-13(11)16/h8-10H,2-7H2,1H3,(H,17,20). The molecule has 2 rings (SSSR count). The van der Waals surface area contributed by atoms with Crippen LogP contribution in [0.3, 0.4) is 0 Å². The van der Waals surface area contributed by atoms with Gasteiger partial charge in [-0.1, -0.05) is 49.4 Å². The molecule has 1 amide bonds. The highest BCUT2D eigenvalue weighted by atomic mass is 35.5. The molecule has 110 valence electrons. The van der Waals surface area contributed by atoms with Crippen LogP contribution in [-0.4, -0.2) is 22.6 Å². The molecule has 4 nitrogen and oxygen atoms in total. The van der Waals surface area contributed by atoms with E-state index in [0.717, 1.165) is 12.3 Å². The third-order valence-electron chi connectivity index (χ3n) is 3.85. The van der Waals surface area contributed by atoms with E-state index >= 15 is 0 Å². The summed E-state index contributed by atoms with van der Waals surface area (Å²) < 4.78 is 0. The molecule has 1 aromatic rings. The highest BCUT2D eigenvalue weighted by Crippen LogP contribution is 2.30. The Morgan fingerprint density at radius 2 is 2.20 bits per heavy atom. The fraction of sp³-hybridized carbons (Fsp3) is 0.643. The lowest BCUT2D eigenvalue weighted by Crippen LogP contribution is -2.27. The van der Waals surface area contributed by atoms with Gasteiger partial charge in [0.2, 0.25) is 0 Å². The average molecular weight is 316 g/mol. The lowest BCUT2D eigenvalue weighted by atomic mass is 9.81. The first-order chi connectivity index (χ1) is 9.56. The molecule has 1 fully saturated rings. The van der Waals surface area contributed by atoms with E-state index in [4.69, 9.17) is 23.2 Å². The maximum atomic E-state index is 12.0. The molecule has 2 unspecified atom stereocenters. The summed E-state index contributed by atoms with van der Waals surface area (Å²) in [6, 6.07) is 1.44. The third kappa shape index (κ3) is 4.32. The smallest absolute Gasteiger partial charge is 0.254 e. The van der Waals surface area contributed by atoms with Crippen molar-refractivity contribution in [3.8, 4) is 0 Å². The summed E-state index contributed by atoms with van der Waals surface area (Å²) in [6.45, 7) is 2.96. The molecule has 0 bridgehead atoms. The van der Waals surface area contributed by atoms with E-state index in [9.17, 15) is 4.79 Å². The van der Waals surface area contributed by atoms with Gasteiger partial charge in [0.15, 0.2) is 10.3 Å². The van der Waals surface area contributed by atoms with Crippen molar-refractivity contribution in [2.75, 3.05) is 6.54 Å². The number of amides is 1. The Labute approximate surface area is 129 Å². The molecule has 1 aromatic heterocycles. The molecule has 1 saturated carbocycles. The van der Waals surface area contributed by atoms with Crippen LogP contribution in [0.4, 0.5) is 0 Å². The first kappa shape index (κ1) is 15.5. The fourth-order valence-electron chi connectivity index (χ4n) is 2.82. The molecular weight excluding hydrogens is 297 g/mol. The number of rotatable bonds is 4. The molecular formula is C14H19Cl2N3O. The van der Waals surface area contributed by atoms with Crippen molar-refractivity contribution >= 4 is 29.1 Å². The zero-order chi connectivity index (χ0) is 14.5. The van der Waals surface area contributed by atoms with Crippen molar-refractivity contribution in [3.63, 3.8) is 0 Å². The summed E-state index contributed by atoms with van der Waals surface area (Å²) in [5.74, 6) is 1.28. The summed E-state index contributed by atoms with van der Waals surface area (Å²) in [7, 11) is 0. The number of nitrogens with one attached hydrogen (secondary N) is 1. The largest absolute Gasteiger partial charge is 0.352 e. The number of hydrogen-bond acceptors (Lipinski definition) is 3. The van der Waals surface area contributed by atoms with Gasteiger partial charge in [0, 0.05) is 6.54 Å². The summed E-state index contributed by atoms with van der Waals surface area (Å²) in [5, 5.41) is 10.3. The minimum atomic E-state index is -0.240. The monoisotopic (exact) mass is 315 g/mol. The summed E-state index contributed by atoms with van der Waals surface area (Å²) >= 11 is 11.6. The number of aromatic nitrogens is 2. The maximum Gasteiger partial charge on any atom is 0.254 e. The quantitative estimate of drug-likeness (QED) is 0.921. The van der Waals surface area contributed by atoms with Crippen LogP contribution in [0, 0.1) is 11.8 Å². The van der Waals surface area contributed by atoms with Gasteiger partial charge in [-0.25, -0.2) is 0 Å². The van der Waals surface area contributed by atoms with Gasteiger partial charge in [0.1, 0.15) is 0 Å². The summed E-state index contributed by atoms with van der Waals surface area (Å²) in [5.41, 5.74) is 0.281. The van der Waals surface area contributed by atoms with Crippen LogP contribution in [0.15, 0.2) is 6.07 Å². The topological polar surface area (TPSA) is 54.9 Å². The van der Waals surface area contributed by atoms with Crippen LogP contribution in [0.2, 0.25) is 10.3 Å². The minimum Gasteiger partial charge on any atom is -0.352 e. The first-order valence-electron chi connectivity index (χ1n) is 7.03. The predicted molar refractivity (Wildman–Crippen MR) is 80.1 cm³/mol. The van der Waals surface area contributed by atoms with Crippen LogP contribution < -0.4 is 5.32 Å². The van der Waals surface area contributed by atoms with Crippen LogP contribution in [0.5, 0.6) is 0 Å². The highest BCUT2D eigenvalue weighted by molar-refractivity contribution is 6.34. The van der Waals surface area contributed by atoms with E-state index < -0.39 is 0 Å². The van der Waals surface area contributed by atoms with Crippen molar-refractivity contribution < 1.29 is 4.79 Å². The van der Waals surface area contributed by atoms with Gasteiger partial charge in [-0.15, -0.1) is 10.2 Å². The molecule has 2 atom stereocenters. The second-order valence-corrected chi connectivity index (χ2v) is 6.30. The van der Waals surface area contributed by atoms with Crippen LogP contribution in [0.25, 0.3) is 0 Å². The van der Waals surface area contributed by atoms with Crippen LogP contribution in [-0.2, 0) is 0 Å². The molecule has 0 aromatic carbocycles. The zero-order valence-corrected chi connectivity index (χ0v) is 13.0. The Bertz CT molecular complexity index is 481. The number of carbonyl (C=O) groups is 1. The second kappa shape index (κ2) is 7.23. The highest BCUT2D eigenvalue weighted by Gasteiger charge is 2.19. The molecule has 1 aliphatic rings. The Kier molecular flexibility index (Phi) is 5.61. The molecule has 6 heteroatoms. The van der Waals surface area contributed by atoms with Crippen LogP contribution in [0.1, 0.15) is 49.4 Å². The van der Waals surface area contributed by atoms with E-state index in [1.807, 2.05) is 0 Å². The van der Waals surface area contributed by atoms with Gasteiger partial charge in [-0.2, -0.15) is 0 Å². The van der Waals surface area contributed by atoms with E-state index in [1.54, 1.807) is 0 Å². The molecule has 1 heterocycles. The molecule has 1 aliphatic carbocycles. The Hall–Kier alpha value is -0.870. The molecule has 0 saturated heterocycles. The van der Waals surface area contributed by atoms with Gasteiger partial charge in [-0.05, 0) is 30.7 Å². The van der Waals surface area contributed by atoms with E-state index in [-0.39, 0.29) is 21.8 Å². The average Bonchev–Trinajstić information content (AvgIpc) is 2.41. The third-order valence-corrected chi connectivity index (χ3v) is 4.31. The van der Waals surface area contributed by atoms with E-state index in [0.29, 0.717) is 12.5 Å². The van der Waals surface area contributed by atoms with Gasteiger partial charge in [0.05, 0.1) is 5.56 Å².